The van der Waals surface area contributed by atoms with Crippen molar-refractivity contribution in [3.05, 3.63) is 81.0 Å². The molecule has 6 heterocycles. The van der Waals surface area contributed by atoms with E-state index < -0.39 is 0 Å². The zero-order valence-electron chi connectivity index (χ0n) is 30.3. The minimum absolute atomic E-state index is 0.488. The number of aryl methyl sites for hydroxylation is 5. The highest BCUT2D eigenvalue weighted by molar-refractivity contribution is 5.89. The van der Waals surface area contributed by atoms with E-state index in [-0.39, 0.29) is 0 Å². The second kappa shape index (κ2) is 12.2. The molecule has 1 N–H and O–H groups in total. The first-order chi connectivity index (χ1) is 25.1. The fraction of sp³-hybridized carbons (Fsp3) is 0.442. The lowest BCUT2D eigenvalue weighted by Gasteiger charge is -2.42. The van der Waals surface area contributed by atoms with Gasteiger partial charge in [-0.2, -0.15) is 0 Å². The molecule has 8 heteroatoms. The Kier molecular flexibility index (Phi) is 7.43. The van der Waals surface area contributed by atoms with E-state index in [4.69, 9.17) is 18.8 Å². The van der Waals surface area contributed by atoms with Crippen molar-refractivity contribution in [3.63, 3.8) is 0 Å². The highest BCUT2D eigenvalue weighted by atomic mass is 16.3. The fourth-order valence-electron chi connectivity index (χ4n) is 9.77. The lowest BCUT2D eigenvalue weighted by Crippen LogP contribution is -2.77. The number of nitrogens with one attached hydrogen (secondary N) is 1. The molecule has 0 spiro atoms. The minimum atomic E-state index is 0.488. The topological polar surface area (TPSA) is 75.5 Å². The fourth-order valence-corrected chi connectivity index (χ4v) is 9.77. The van der Waals surface area contributed by atoms with E-state index in [1.165, 1.54) is 57.4 Å². The van der Waals surface area contributed by atoms with Crippen molar-refractivity contribution in [3.8, 4) is 22.9 Å². The van der Waals surface area contributed by atoms with E-state index in [1.807, 2.05) is 0 Å². The molecular formula is C43H48N6O2+2. The normalized spacial score (nSPS) is 18.6. The van der Waals surface area contributed by atoms with E-state index in [0.29, 0.717) is 6.04 Å². The van der Waals surface area contributed by atoms with Gasteiger partial charge in [0.15, 0.2) is 22.7 Å². The molecular weight excluding hydrogens is 633 g/mol. The predicted octanol–water partition coefficient (Wildman–Crippen LogP) is 5.14. The number of rotatable bonds is 5. The maximum Gasteiger partial charge on any atom is 0.205 e. The molecule has 260 valence electrons. The van der Waals surface area contributed by atoms with Gasteiger partial charge in [0.05, 0.1) is 12.1 Å². The number of benzene rings is 4. The standard InChI is InChI=1S/C43H47N6O2/c1-4-47(5-2)30-14-15-33-38(24-30)50-43-32-11-8-20-49-29(13-12-28(41(32)49)23-36(43)45-33)16-17-44-34-25-39-35(21-26(34)3)46-37-22-27-9-6-18-48-19-7-10-31(40(27)48)42(37)51-39/h14-15,21-25,29H,4-13,16-20H2,1-3H3/q+1/p+1. The molecule has 0 bridgehead atoms. The number of hydrogen-bond acceptors (Lipinski definition) is 6. The van der Waals surface area contributed by atoms with Crippen LogP contribution >= 0.6 is 0 Å². The van der Waals surface area contributed by atoms with E-state index in [9.17, 15) is 0 Å². The summed E-state index contributed by atoms with van der Waals surface area (Å²) in [5, 5.41) is 2.33. The van der Waals surface area contributed by atoms with Gasteiger partial charge in [-0.25, -0.2) is 19.5 Å². The second-order valence-electron chi connectivity index (χ2n) is 15.2. The van der Waals surface area contributed by atoms with Crippen LogP contribution in [0.4, 0.5) is 11.4 Å². The molecule has 51 heavy (non-hydrogen) atoms. The Balaban J connectivity index is 0.964. The molecule has 2 aromatic carbocycles. The third kappa shape index (κ3) is 5.07. The van der Waals surface area contributed by atoms with Gasteiger partial charge in [0.1, 0.15) is 42.1 Å². The average molecular weight is 681 g/mol. The highest BCUT2D eigenvalue weighted by Gasteiger charge is 2.34. The quantitative estimate of drug-likeness (QED) is 0.201. The van der Waals surface area contributed by atoms with Crippen molar-refractivity contribution < 1.29 is 13.8 Å². The van der Waals surface area contributed by atoms with E-state index in [2.05, 4.69) is 82.6 Å². The predicted molar refractivity (Wildman–Crippen MR) is 203 cm³/mol. The van der Waals surface area contributed by atoms with Gasteiger partial charge in [0, 0.05) is 66.2 Å². The molecule has 0 radical (unpaired) electrons. The summed E-state index contributed by atoms with van der Waals surface area (Å²) in [5.74, 6) is 1.74. The van der Waals surface area contributed by atoms with Crippen molar-refractivity contribution in [2.45, 2.75) is 84.6 Å². The molecule has 0 saturated carbocycles. The highest BCUT2D eigenvalue weighted by Crippen LogP contribution is 2.44. The van der Waals surface area contributed by atoms with Crippen molar-refractivity contribution >= 4 is 33.6 Å². The number of aromatic nitrogens is 2. The Bertz CT molecular complexity index is 2430. The largest absolute Gasteiger partial charge is 0.452 e. The monoisotopic (exact) mass is 680 g/mol. The van der Waals surface area contributed by atoms with Crippen LogP contribution in [0.3, 0.4) is 0 Å². The van der Waals surface area contributed by atoms with Crippen LogP contribution in [0.15, 0.2) is 51.3 Å². The SMILES string of the molecule is CC[N+](CC)=c1ccc2nc3cc4c5c(c3oc-2c1)CCCN5C(CC[NH+]=c1cc2oc3c5c6c(cc3nc-2cc1C)CCCN6CCC5)CC4. The van der Waals surface area contributed by atoms with Crippen molar-refractivity contribution in [1.82, 2.24) is 14.5 Å². The van der Waals surface area contributed by atoms with Gasteiger partial charge in [0.2, 0.25) is 10.7 Å². The summed E-state index contributed by atoms with van der Waals surface area (Å²) < 4.78 is 15.9. The smallest absolute Gasteiger partial charge is 0.205 e. The van der Waals surface area contributed by atoms with Gasteiger partial charge < -0.3 is 18.6 Å². The molecule has 10 rings (SSSR count). The molecule has 1 unspecified atom stereocenters. The first-order valence-corrected chi connectivity index (χ1v) is 19.5. The zero-order chi connectivity index (χ0) is 34.2. The number of hydrogen-bond donors (Lipinski definition) is 1. The maximum atomic E-state index is 6.75. The molecule has 0 aromatic heterocycles. The van der Waals surface area contributed by atoms with Gasteiger partial charge in [0.25, 0.3) is 0 Å². The van der Waals surface area contributed by atoms with Crippen molar-refractivity contribution in [2.24, 2.45) is 0 Å². The Labute approximate surface area is 298 Å². The molecule has 0 fully saturated rings. The molecule has 1 atom stereocenters. The third-order valence-electron chi connectivity index (χ3n) is 12.2. The summed E-state index contributed by atoms with van der Waals surface area (Å²) in [7, 11) is 0. The van der Waals surface area contributed by atoms with Crippen LogP contribution < -0.4 is 30.1 Å². The first kappa shape index (κ1) is 31.1. The maximum absolute atomic E-state index is 6.75. The van der Waals surface area contributed by atoms with Crippen LogP contribution in [0.1, 0.15) is 73.8 Å². The summed E-state index contributed by atoms with van der Waals surface area (Å²) in [4.78, 5) is 19.4. The molecule has 2 aromatic rings. The minimum Gasteiger partial charge on any atom is -0.452 e. The average Bonchev–Trinajstić information content (AvgIpc) is 3.15. The van der Waals surface area contributed by atoms with E-state index >= 15 is 0 Å². The van der Waals surface area contributed by atoms with Gasteiger partial charge in [-0.05, 0) is 108 Å². The van der Waals surface area contributed by atoms with Crippen LogP contribution in [-0.2, 0) is 25.7 Å². The van der Waals surface area contributed by atoms with Crippen LogP contribution in [0.5, 0.6) is 0 Å². The summed E-state index contributed by atoms with van der Waals surface area (Å²) in [6.07, 6.45) is 10.1. The van der Waals surface area contributed by atoms with Crippen molar-refractivity contribution in [2.75, 3.05) is 49.1 Å². The van der Waals surface area contributed by atoms with Crippen LogP contribution in [0.25, 0.3) is 45.1 Å². The van der Waals surface area contributed by atoms with E-state index in [0.717, 1.165) is 135 Å². The Hall–Kier alpha value is -4.72. The molecule has 0 amide bonds. The number of nitrogens with zero attached hydrogens (tertiary/aromatic N) is 5. The second-order valence-corrected chi connectivity index (χ2v) is 15.2. The molecule has 0 saturated heterocycles. The molecule has 8 nitrogen and oxygen atoms in total. The van der Waals surface area contributed by atoms with Gasteiger partial charge in [-0.3, -0.25) is 0 Å². The van der Waals surface area contributed by atoms with Crippen molar-refractivity contribution in [1.29, 1.82) is 0 Å². The van der Waals surface area contributed by atoms with Gasteiger partial charge in [-0.15, -0.1) is 0 Å². The first-order valence-electron chi connectivity index (χ1n) is 19.5. The Morgan fingerprint density at radius 1 is 0.765 bits per heavy atom. The molecule has 8 aliphatic rings. The van der Waals surface area contributed by atoms with Crippen LogP contribution in [0.2, 0.25) is 0 Å². The Morgan fingerprint density at radius 3 is 2.24 bits per heavy atom. The summed E-state index contributed by atoms with van der Waals surface area (Å²) in [6, 6.07) is 15.9. The third-order valence-corrected chi connectivity index (χ3v) is 12.2. The summed E-state index contributed by atoms with van der Waals surface area (Å²) in [5.41, 5.74) is 15.5. The van der Waals surface area contributed by atoms with Crippen LogP contribution in [0, 0.1) is 6.92 Å². The lowest BCUT2D eigenvalue weighted by molar-refractivity contribution is -0.501. The summed E-state index contributed by atoms with van der Waals surface area (Å²) in [6.45, 7) is 12.8. The lowest BCUT2D eigenvalue weighted by atomic mass is 9.86. The Morgan fingerprint density at radius 2 is 1.45 bits per heavy atom. The van der Waals surface area contributed by atoms with Gasteiger partial charge in [-0.1, -0.05) is 0 Å². The van der Waals surface area contributed by atoms with Gasteiger partial charge >= 0.3 is 0 Å². The van der Waals surface area contributed by atoms with Crippen LogP contribution in [-0.4, -0.2) is 55.3 Å². The molecule has 6 aliphatic heterocycles. The summed E-state index contributed by atoms with van der Waals surface area (Å²) >= 11 is 0. The molecule has 2 aliphatic carbocycles. The van der Waals surface area contributed by atoms with E-state index in [1.54, 1.807) is 0 Å². The number of fused-ring (bicyclic) bond motifs is 6. The number of anilines is 2. The zero-order valence-corrected chi connectivity index (χ0v) is 30.3.